The minimum Gasteiger partial charge on any atom is -0.385 e. The van der Waals surface area contributed by atoms with Crippen LogP contribution in [0.25, 0.3) is 0 Å². The molecular formula is C16H22N4O. The molecule has 1 amide bonds. The molecule has 2 aromatic rings. The third kappa shape index (κ3) is 4.63. The zero-order valence-corrected chi connectivity index (χ0v) is 12.5. The number of hydrogen-bond acceptors (Lipinski definition) is 3. The maximum absolute atomic E-state index is 12.2. The van der Waals surface area contributed by atoms with E-state index in [-0.39, 0.29) is 11.9 Å². The molecule has 2 rings (SSSR count). The normalized spacial score (nSPS) is 11.9. The summed E-state index contributed by atoms with van der Waals surface area (Å²) in [5.41, 5.74) is 1.72. The van der Waals surface area contributed by atoms with Gasteiger partial charge in [-0.05, 0) is 37.6 Å². The first kappa shape index (κ1) is 15.1. The fourth-order valence-electron chi connectivity index (χ4n) is 2.07. The number of carbonyl (C=O) groups is 1. The van der Waals surface area contributed by atoms with E-state index in [9.17, 15) is 4.79 Å². The van der Waals surface area contributed by atoms with Gasteiger partial charge in [-0.25, -0.2) is 4.98 Å². The van der Waals surface area contributed by atoms with Crippen LogP contribution in [0.4, 0.5) is 5.69 Å². The van der Waals surface area contributed by atoms with E-state index >= 15 is 0 Å². The molecule has 1 aromatic heterocycles. The Hall–Kier alpha value is -2.30. The van der Waals surface area contributed by atoms with Gasteiger partial charge in [-0.3, -0.25) is 4.79 Å². The second kappa shape index (κ2) is 7.47. The fraction of sp³-hybridized carbons (Fsp3) is 0.375. The van der Waals surface area contributed by atoms with Gasteiger partial charge in [0, 0.05) is 42.8 Å². The summed E-state index contributed by atoms with van der Waals surface area (Å²) in [6, 6.07) is 7.61. The molecule has 5 nitrogen and oxygen atoms in total. The van der Waals surface area contributed by atoms with E-state index in [0.29, 0.717) is 12.1 Å². The Labute approximate surface area is 125 Å². The zero-order chi connectivity index (χ0) is 15.1. The van der Waals surface area contributed by atoms with E-state index in [2.05, 4.69) is 22.5 Å². The topological polar surface area (TPSA) is 59.0 Å². The van der Waals surface area contributed by atoms with Gasteiger partial charge in [-0.2, -0.15) is 0 Å². The van der Waals surface area contributed by atoms with Crippen LogP contribution in [-0.4, -0.2) is 28.0 Å². The maximum atomic E-state index is 12.2. The first-order valence-corrected chi connectivity index (χ1v) is 7.29. The zero-order valence-electron chi connectivity index (χ0n) is 12.5. The minimum atomic E-state index is -0.0512. The molecule has 0 aliphatic heterocycles. The van der Waals surface area contributed by atoms with Crippen LogP contribution in [0.2, 0.25) is 0 Å². The largest absolute Gasteiger partial charge is 0.385 e. The Morgan fingerprint density at radius 2 is 2.10 bits per heavy atom. The first-order chi connectivity index (χ1) is 10.2. The summed E-state index contributed by atoms with van der Waals surface area (Å²) in [6.07, 6.45) is 6.44. The summed E-state index contributed by atoms with van der Waals surface area (Å²) in [5.74, 6) is -0.0512. The molecule has 0 aliphatic rings. The number of imidazole rings is 1. The van der Waals surface area contributed by atoms with Crippen molar-refractivity contribution in [1.82, 2.24) is 14.9 Å². The molecule has 0 aliphatic carbocycles. The smallest absolute Gasteiger partial charge is 0.251 e. The van der Waals surface area contributed by atoms with Gasteiger partial charge in [0.2, 0.25) is 0 Å². The Bertz CT molecular complexity index is 548. The molecule has 1 heterocycles. The van der Waals surface area contributed by atoms with Crippen LogP contribution in [-0.2, 0) is 6.54 Å². The third-order valence-corrected chi connectivity index (χ3v) is 3.15. The van der Waals surface area contributed by atoms with Crippen molar-refractivity contribution in [3.05, 3.63) is 48.5 Å². The van der Waals surface area contributed by atoms with Crippen LogP contribution in [0, 0.1) is 0 Å². The van der Waals surface area contributed by atoms with E-state index in [0.717, 1.165) is 18.7 Å². The number of nitrogens with zero attached hydrogens (tertiary/aromatic N) is 2. The average Bonchev–Trinajstić information content (AvgIpc) is 2.98. The number of hydrogen-bond donors (Lipinski definition) is 2. The highest BCUT2D eigenvalue weighted by Gasteiger charge is 2.10. The second-order valence-electron chi connectivity index (χ2n) is 5.14. The van der Waals surface area contributed by atoms with Crippen LogP contribution < -0.4 is 10.6 Å². The maximum Gasteiger partial charge on any atom is 0.251 e. The molecule has 5 heteroatoms. The first-order valence-electron chi connectivity index (χ1n) is 7.29. The van der Waals surface area contributed by atoms with Crippen molar-refractivity contribution in [1.29, 1.82) is 0 Å². The third-order valence-electron chi connectivity index (χ3n) is 3.15. The van der Waals surface area contributed by atoms with E-state index in [1.807, 2.05) is 42.0 Å². The molecule has 0 saturated carbocycles. The van der Waals surface area contributed by atoms with Gasteiger partial charge in [-0.15, -0.1) is 0 Å². The molecule has 1 unspecified atom stereocenters. The number of rotatable bonds is 7. The minimum absolute atomic E-state index is 0.0459. The van der Waals surface area contributed by atoms with Crippen LogP contribution in [0.15, 0.2) is 43.0 Å². The van der Waals surface area contributed by atoms with Gasteiger partial charge < -0.3 is 15.2 Å². The molecule has 0 spiro atoms. The lowest BCUT2D eigenvalue weighted by Crippen LogP contribution is -2.35. The van der Waals surface area contributed by atoms with Crippen LogP contribution in [0.3, 0.4) is 0 Å². The summed E-state index contributed by atoms with van der Waals surface area (Å²) in [7, 11) is 0. The Kier molecular flexibility index (Phi) is 5.37. The Balaban J connectivity index is 1.87. The van der Waals surface area contributed by atoms with E-state index in [4.69, 9.17) is 0 Å². The lowest BCUT2D eigenvalue weighted by Gasteiger charge is -2.14. The lowest BCUT2D eigenvalue weighted by molar-refractivity contribution is 0.0936. The van der Waals surface area contributed by atoms with Crippen LogP contribution in [0.1, 0.15) is 30.6 Å². The molecule has 1 aromatic carbocycles. The van der Waals surface area contributed by atoms with Gasteiger partial charge >= 0.3 is 0 Å². The predicted octanol–water partition coefficient (Wildman–Crippen LogP) is 2.52. The van der Waals surface area contributed by atoms with Crippen molar-refractivity contribution < 1.29 is 4.79 Å². The number of aromatic nitrogens is 2. The molecule has 1 atom stereocenters. The van der Waals surface area contributed by atoms with Gasteiger partial charge in [0.05, 0.1) is 6.33 Å². The SMILES string of the molecule is CCCNc1ccc(C(=O)NC(C)Cn2ccnc2)cc1. The number of nitrogens with one attached hydrogen (secondary N) is 2. The van der Waals surface area contributed by atoms with Crippen molar-refractivity contribution in [2.24, 2.45) is 0 Å². The summed E-state index contributed by atoms with van der Waals surface area (Å²) in [5, 5.41) is 6.28. The molecule has 0 fully saturated rings. The number of anilines is 1. The molecule has 0 radical (unpaired) electrons. The molecule has 2 N–H and O–H groups in total. The van der Waals surface area contributed by atoms with Gasteiger partial charge in [-0.1, -0.05) is 6.92 Å². The van der Waals surface area contributed by atoms with E-state index in [1.54, 1.807) is 12.5 Å². The van der Waals surface area contributed by atoms with Crippen molar-refractivity contribution in [3.8, 4) is 0 Å². The standard InChI is InChI=1S/C16H22N4O/c1-3-8-18-15-6-4-14(5-7-15)16(21)19-13(2)11-20-10-9-17-12-20/h4-7,9-10,12-13,18H,3,8,11H2,1-2H3,(H,19,21). The fourth-order valence-corrected chi connectivity index (χ4v) is 2.07. The van der Waals surface area contributed by atoms with Crippen LogP contribution in [0.5, 0.6) is 0 Å². The molecule has 112 valence electrons. The van der Waals surface area contributed by atoms with Crippen LogP contribution >= 0.6 is 0 Å². The summed E-state index contributed by atoms with van der Waals surface area (Å²) >= 11 is 0. The highest BCUT2D eigenvalue weighted by Crippen LogP contribution is 2.09. The predicted molar refractivity (Wildman–Crippen MR) is 84.4 cm³/mol. The number of amides is 1. The molecule has 21 heavy (non-hydrogen) atoms. The number of benzene rings is 1. The summed E-state index contributed by atoms with van der Waals surface area (Å²) in [4.78, 5) is 16.1. The molecule has 0 saturated heterocycles. The van der Waals surface area contributed by atoms with E-state index < -0.39 is 0 Å². The molecule has 0 bridgehead atoms. The van der Waals surface area contributed by atoms with Gasteiger partial charge in [0.15, 0.2) is 0 Å². The van der Waals surface area contributed by atoms with Crippen molar-refractivity contribution in [2.75, 3.05) is 11.9 Å². The van der Waals surface area contributed by atoms with Crippen molar-refractivity contribution in [3.63, 3.8) is 0 Å². The highest BCUT2D eigenvalue weighted by atomic mass is 16.1. The van der Waals surface area contributed by atoms with E-state index in [1.165, 1.54) is 0 Å². The quantitative estimate of drug-likeness (QED) is 0.822. The Morgan fingerprint density at radius 1 is 1.33 bits per heavy atom. The average molecular weight is 286 g/mol. The lowest BCUT2D eigenvalue weighted by atomic mass is 10.2. The van der Waals surface area contributed by atoms with Crippen molar-refractivity contribution >= 4 is 11.6 Å². The van der Waals surface area contributed by atoms with Gasteiger partial charge in [0.1, 0.15) is 0 Å². The van der Waals surface area contributed by atoms with Crippen molar-refractivity contribution in [2.45, 2.75) is 32.9 Å². The molecular weight excluding hydrogens is 264 g/mol. The Morgan fingerprint density at radius 3 is 2.71 bits per heavy atom. The second-order valence-corrected chi connectivity index (χ2v) is 5.14. The monoisotopic (exact) mass is 286 g/mol. The highest BCUT2D eigenvalue weighted by molar-refractivity contribution is 5.94. The van der Waals surface area contributed by atoms with Gasteiger partial charge in [0.25, 0.3) is 5.91 Å². The number of carbonyl (C=O) groups excluding carboxylic acids is 1. The summed E-state index contributed by atoms with van der Waals surface area (Å²) in [6.45, 7) is 5.75. The summed E-state index contributed by atoms with van der Waals surface area (Å²) < 4.78 is 1.95.